The normalized spacial score (nSPS) is 11.4. The van der Waals surface area contributed by atoms with Gasteiger partial charge in [-0.25, -0.2) is 0 Å². The fraction of sp³-hybridized carbons (Fsp3) is 0.467. The van der Waals surface area contributed by atoms with Crippen LogP contribution in [0.4, 0.5) is 0 Å². The van der Waals surface area contributed by atoms with E-state index in [2.05, 4.69) is 24.4 Å². The number of methoxy groups -OCH3 is 1. The van der Waals surface area contributed by atoms with E-state index in [1.165, 1.54) is 5.57 Å². The van der Waals surface area contributed by atoms with Crippen molar-refractivity contribution in [2.75, 3.05) is 20.3 Å². The average Bonchev–Trinajstić information content (AvgIpc) is 2.39. The van der Waals surface area contributed by atoms with Crippen molar-refractivity contribution in [3.63, 3.8) is 0 Å². The van der Waals surface area contributed by atoms with Gasteiger partial charge in [-0.05, 0) is 26.8 Å². The lowest BCUT2D eigenvalue weighted by Crippen LogP contribution is -2.16. The zero-order chi connectivity index (χ0) is 13.4. The summed E-state index contributed by atoms with van der Waals surface area (Å²) in [6, 6.07) is 5.98. The first-order valence-corrected chi connectivity index (χ1v) is 6.34. The summed E-state index contributed by atoms with van der Waals surface area (Å²) >= 11 is 0. The van der Waals surface area contributed by atoms with Crippen LogP contribution < -0.4 is 14.8 Å². The molecule has 0 atom stereocenters. The van der Waals surface area contributed by atoms with Gasteiger partial charge in [0.05, 0.1) is 13.7 Å². The van der Waals surface area contributed by atoms with E-state index in [9.17, 15) is 0 Å². The highest BCUT2D eigenvalue weighted by Crippen LogP contribution is 2.30. The van der Waals surface area contributed by atoms with E-state index < -0.39 is 0 Å². The Morgan fingerprint density at radius 1 is 1.39 bits per heavy atom. The fourth-order valence-electron chi connectivity index (χ4n) is 1.70. The van der Waals surface area contributed by atoms with E-state index in [0.29, 0.717) is 6.61 Å². The van der Waals surface area contributed by atoms with Crippen molar-refractivity contribution >= 4 is 0 Å². The van der Waals surface area contributed by atoms with Crippen LogP contribution in [0.15, 0.2) is 29.8 Å². The molecule has 1 rings (SSSR count). The van der Waals surface area contributed by atoms with Crippen molar-refractivity contribution in [1.82, 2.24) is 5.32 Å². The second-order valence-electron chi connectivity index (χ2n) is 4.12. The van der Waals surface area contributed by atoms with Crippen LogP contribution in [0.1, 0.15) is 26.3 Å². The fourth-order valence-corrected chi connectivity index (χ4v) is 1.70. The molecule has 0 aliphatic rings. The Hall–Kier alpha value is -1.48. The van der Waals surface area contributed by atoms with Gasteiger partial charge in [-0.2, -0.15) is 0 Å². The quantitative estimate of drug-likeness (QED) is 0.753. The highest BCUT2D eigenvalue weighted by Gasteiger charge is 2.09. The molecule has 3 nitrogen and oxygen atoms in total. The van der Waals surface area contributed by atoms with Gasteiger partial charge in [0.15, 0.2) is 11.5 Å². The third-order valence-electron chi connectivity index (χ3n) is 2.78. The van der Waals surface area contributed by atoms with Gasteiger partial charge in [-0.1, -0.05) is 23.8 Å². The van der Waals surface area contributed by atoms with Crippen molar-refractivity contribution in [2.24, 2.45) is 0 Å². The molecular weight excluding hydrogens is 226 g/mol. The molecule has 0 saturated heterocycles. The molecule has 0 spiro atoms. The Morgan fingerprint density at radius 3 is 2.78 bits per heavy atom. The van der Waals surface area contributed by atoms with E-state index >= 15 is 0 Å². The number of rotatable bonds is 7. The van der Waals surface area contributed by atoms with Crippen LogP contribution in [0.5, 0.6) is 11.5 Å². The number of allylic oxidation sites excluding steroid dienone is 1. The lowest BCUT2D eigenvalue weighted by Gasteiger charge is -2.14. The van der Waals surface area contributed by atoms with Gasteiger partial charge in [-0.15, -0.1) is 0 Å². The first-order valence-electron chi connectivity index (χ1n) is 6.34. The predicted molar refractivity (Wildman–Crippen MR) is 75.3 cm³/mol. The maximum absolute atomic E-state index is 5.55. The summed E-state index contributed by atoms with van der Waals surface area (Å²) in [5.41, 5.74) is 2.45. The van der Waals surface area contributed by atoms with Gasteiger partial charge in [0.25, 0.3) is 0 Å². The standard InChI is InChI=1S/C15H23NO2/c1-5-12(3)10-16-11-13-8-7-9-14(18-6-2)15(13)17-4/h5,7-9,16H,6,10-11H2,1-4H3/b12-5+. The van der Waals surface area contributed by atoms with Gasteiger partial charge < -0.3 is 14.8 Å². The summed E-state index contributed by atoms with van der Waals surface area (Å²) in [5, 5.41) is 3.39. The SMILES string of the molecule is C/C=C(\C)CNCc1cccc(OCC)c1OC. The van der Waals surface area contributed by atoms with Crippen LogP contribution in [-0.4, -0.2) is 20.3 Å². The predicted octanol–water partition coefficient (Wildman–Crippen LogP) is 3.15. The monoisotopic (exact) mass is 249 g/mol. The molecule has 0 heterocycles. The van der Waals surface area contributed by atoms with Gasteiger partial charge in [0, 0.05) is 18.7 Å². The molecule has 100 valence electrons. The van der Waals surface area contributed by atoms with Crippen molar-refractivity contribution in [1.29, 1.82) is 0 Å². The smallest absolute Gasteiger partial charge is 0.165 e. The first kappa shape index (κ1) is 14.6. The number of benzene rings is 1. The Kier molecular flexibility index (Phi) is 6.29. The molecule has 0 bridgehead atoms. The number of ether oxygens (including phenoxy) is 2. The summed E-state index contributed by atoms with van der Waals surface area (Å²) in [7, 11) is 1.68. The van der Waals surface area contributed by atoms with Gasteiger partial charge in [0.1, 0.15) is 0 Å². The number of para-hydroxylation sites is 1. The van der Waals surface area contributed by atoms with Crippen LogP contribution in [0.2, 0.25) is 0 Å². The van der Waals surface area contributed by atoms with E-state index in [0.717, 1.165) is 30.2 Å². The minimum absolute atomic E-state index is 0.644. The van der Waals surface area contributed by atoms with Crippen LogP contribution >= 0.6 is 0 Å². The van der Waals surface area contributed by atoms with E-state index in [1.807, 2.05) is 26.0 Å². The van der Waals surface area contributed by atoms with Crippen molar-refractivity contribution < 1.29 is 9.47 Å². The summed E-state index contributed by atoms with van der Waals surface area (Å²) in [5.74, 6) is 1.63. The minimum atomic E-state index is 0.644. The highest BCUT2D eigenvalue weighted by atomic mass is 16.5. The molecule has 1 aromatic rings. The number of nitrogens with one attached hydrogen (secondary N) is 1. The van der Waals surface area contributed by atoms with Crippen LogP contribution in [0.3, 0.4) is 0 Å². The molecule has 3 heteroatoms. The topological polar surface area (TPSA) is 30.5 Å². The van der Waals surface area contributed by atoms with E-state index in [1.54, 1.807) is 7.11 Å². The molecule has 0 aromatic heterocycles. The second kappa shape index (κ2) is 7.77. The molecule has 18 heavy (non-hydrogen) atoms. The maximum Gasteiger partial charge on any atom is 0.165 e. The average molecular weight is 249 g/mol. The molecule has 0 aliphatic heterocycles. The molecular formula is C15H23NO2. The molecule has 0 aliphatic carbocycles. The van der Waals surface area contributed by atoms with Crippen LogP contribution in [0, 0.1) is 0 Å². The Morgan fingerprint density at radius 2 is 2.17 bits per heavy atom. The highest BCUT2D eigenvalue weighted by molar-refractivity contribution is 5.46. The van der Waals surface area contributed by atoms with Crippen molar-refractivity contribution in [2.45, 2.75) is 27.3 Å². The number of hydrogen-bond donors (Lipinski definition) is 1. The van der Waals surface area contributed by atoms with Crippen molar-refractivity contribution in [3.05, 3.63) is 35.4 Å². The Bertz CT molecular complexity index is 399. The molecule has 0 unspecified atom stereocenters. The molecule has 0 fully saturated rings. The molecule has 0 saturated carbocycles. The van der Waals surface area contributed by atoms with Crippen molar-refractivity contribution in [3.8, 4) is 11.5 Å². The lowest BCUT2D eigenvalue weighted by molar-refractivity contribution is 0.309. The summed E-state index contributed by atoms with van der Waals surface area (Å²) < 4.78 is 11.0. The third-order valence-corrected chi connectivity index (χ3v) is 2.78. The Balaban J connectivity index is 2.72. The zero-order valence-corrected chi connectivity index (χ0v) is 11.7. The summed E-state index contributed by atoms with van der Waals surface area (Å²) in [4.78, 5) is 0. The van der Waals surface area contributed by atoms with Crippen LogP contribution in [-0.2, 0) is 6.54 Å². The van der Waals surface area contributed by atoms with E-state index in [4.69, 9.17) is 9.47 Å². The first-order chi connectivity index (χ1) is 8.72. The zero-order valence-electron chi connectivity index (χ0n) is 11.7. The maximum atomic E-state index is 5.55. The third kappa shape index (κ3) is 4.08. The van der Waals surface area contributed by atoms with Crippen LogP contribution in [0.25, 0.3) is 0 Å². The summed E-state index contributed by atoms with van der Waals surface area (Å²) in [6.07, 6.45) is 2.11. The minimum Gasteiger partial charge on any atom is -0.493 e. The van der Waals surface area contributed by atoms with Gasteiger partial charge in [0.2, 0.25) is 0 Å². The number of hydrogen-bond acceptors (Lipinski definition) is 3. The van der Waals surface area contributed by atoms with Gasteiger partial charge >= 0.3 is 0 Å². The molecule has 0 amide bonds. The molecule has 0 radical (unpaired) electrons. The lowest BCUT2D eigenvalue weighted by atomic mass is 10.1. The van der Waals surface area contributed by atoms with Gasteiger partial charge in [-0.3, -0.25) is 0 Å². The molecule has 1 aromatic carbocycles. The summed E-state index contributed by atoms with van der Waals surface area (Å²) in [6.45, 7) is 8.44. The second-order valence-corrected chi connectivity index (χ2v) is 4.12. The largest absolute Gasteiger partial charge is 0.493 e. The van der Waals surface area contributed by atoms with E-state index in [-0.39, 0.29) is 0 Å². The Labute approximate surface area is 110 Å². The molecule has 1 N–H and O–H groups in total.